The molecule has 0 aliphatic carbocycles. The van der Waals surface area contributed by atoms with Crippen molar-refractivity contribution in [2.24, 2.45) is 7.05 Å². The molecule has 1 aromatic heterocycles. The van der Waals surface area contributed by atoms with Crippen LogP contribution in [0.4, 0.5) is 0 Å². The average Bonchev–Trinajstić information content (AvgIpc) is 3.09. The summed E-state index contributed by atoms with van der Waals surface area (Å²) < 4.78 is 29.1. The van der Waals surface area contributed by atoms with Crippen molar-refractivity contribution in [3.63, 3.8) is 0 Å². The summed E-state index contributed by atoms with van der Waals surface area (Å²) in [5.41, 5.74) is 0.456. The minimum absolute atomic E-state index is 0.0636. The van der Waals surface area contributed by atoms with Gasteiger partial charge in [0.1, 0.15) is 10.6 Å². The number of rotatable bonds is 6. The first-order valence-electron chi connectivity index (χ1n) is 10.1. The molecule has 0 spiro atoms. The maximum atomic E-state index is 13.2. The number of amides is 1. The molecule has 1 N–H and O–H groups in total. The van der Waals surface area contributed by atoms with Crippen LogP contribution in [0.25, 0.3) is 0 Å². The van der Waals surface area contributed by atoms with E-state index in [1.165, 1.54) is 0 Å². The Morgan fingerprint density at radius 3 is 2.52 bits per heavy atom. The highest BCUT2D eigenvalue weighted by Crippen LogP contribution is 2.24. The van der Waals surface area contributed by atoms with Gasteiger partial charge in [-0.25, -0.2) is 8.42 Å². The Balaban J connectivity index is 1.84. The summed E-state index contributed by atoms with van der Waals surface area (Å²) in [5, 5.41) is 3.33. The van der Waals surface area contributed by atoms with Crippen molar-refractivity contribution in [2.75, 3.05) is 32.7 Å². The number of piperidine rings is 2. The second-order valence-corrected chi connectivity index (χ2v) is 9.55. The van der Waals surface area contributed by atoms with Crippen LogP contribution >= 0.6 is 0 Å². The lowest BCUT2D eigenvalue weighted by atomic mass is 10.0. The molecule has 0 unspecified atom stereocenters. The summed E-state index contributed by atoms with van der Waals surface area (Å²) in [6.45, 7) is 5.73. The van der Waals surface area contributed by atoms with Crippen LogP contribution < -0.4 is 5.32 Å². The highest BCUT2D eigenvalue weighted by molar-refractivity contribution is 7.89. The molecule has 1 amide bonds. The van der Waals surface area contributed by atoms with Gasteiger partial charge in [0.15, 0.2) is 0 Å². The molecule has 8 heteroatoms. The van der Waals surface area contributed by atoms with E-state index in [0.29, 0.717) is 25.3 Å². The summed E-state index contributed by atoms with van der Waals surface area (Å²) in [5.74, 6) is -0.0636. The Morgan fingerprint density at radius 2 is 1.89 bits per heavy atom. The van der Waals surface area contributed by atoms with Gasteiger partial charge in [0, 0.05) is 38.9 Å². The van der Waals surface area contributed by atoms with E-state index in [0.717, 1.165) is 51.6 Å². The molecule has 27 heavy (non-hydrogen) atoms. The van der Waals surface area contributed by atoms with Crippen LogP contribution in [0.1, 0.15) is 55.9 Å². The third-order valence-corrected chi connectivity index (χ3v) is 7.49. The van der Waals surface area contributed by atoms with Crippen LogP contribution in [-0.2, 0) is 17.1 Å². The fourth-order valence-corrected chi connectivity index (χ4v) is 5.69. The van der Waals surface area contributed by atoms with Crippen molar-refractivity contribution >= 4 is 15.9 Å². The predicted molar refractivity (Wildman–Crippen MR) is 105 cm³/mol. The van der Waals surface area contributed by atoms with Gasteiger partial charge < -0.3 is 14.8 Å². The minimum Gasteiger partial charge on any atom is -0.345 e. The van der Waals surface area contributed by atoms with Crippen LogP contribution in [0, 0.1) is 0 Å². The number of hydrogen-bond donors (Lipinski definition) is 1. The van der Waals surface area contributed by atoms with Crippen molar-refractivity contribution in [1.29, 1.82) is 0 Å². The molecule has 152 valence electrons. The SMILES string of the molecule is CCCN(C(=O)c1cc(S(=O)(=O)N2CCCCC2)cn1C)C1CCNCC1. The molecule has 0 saturated carbocycles. The van der Waals surface area contributed by atoms with E-state index in [1.807, 2.05) is 4.90 Å². The maximum Gasteiger partial charge on any atom is 0.270 e. The summed E-state index contributed by atoms with van der Waals surface area (Å²) in [6, 6.07) is 1.78. The lowest BCUT2D eigenvalue weighted by Gasteiger charge is -2.34. The van der Waals surface area contributed by atoms with Crippen LogP contribution in [0.15, 0.2) is 17.2 Å². The highest BCUT2D eigenvalue weighted by Gasteiger charge is 2.31. The van der Waals surface area contributed by atoms with Gasteiger partial charge in [-0.05, 0) is 51.3 Å². The normalized spacial score (nSPS) is 19.9. The molecule has 3 rings (SSSR count). The number of aryl methyl sites for hydroxylation is 1. The zero-order valence-electron chi connectivity index (χ0n) is 16.5. The minimum atomic E-state index is -3.53. The molecular formula is C19H32N4O3S. The van der Waals surface area contributed by atoms with E-state index < -0.39 is 10.0 Å². The topological polar surface area (TPSA) is 74.7 Å². The molecular weight excluding hydrogens is 364 g/mol. The van der Waals surface area contributed by atoms with Crippen molar-refractivity contribution < 1.29 is 13.2 Å². The summed E-state index contributed by atoms with van der Waals surface area (Å²) in [4.78, 5) is 15.4. The van der Waals surface area contributed by atoms with E-state index in [4.69, 9.17) is 0 Å². The molecule has 0 aromatic carbocycles. The lowest BCUT2D eigenvalue weighted by Crippen LogP contribution is -2.46. The number of sulfonamides is 1. The van der Waals surface area contributed by atoms with E-state index in [1.54, 1.807) is 28.2 Å². The molecule has 1 aromatic rings. The Hall–Kier alpha value is -1.38. The van der Waals surface area contributed by atoms with E-state index in [2.05, 4.69) is 12.2 Å². The van der Waals surface area contributed by atoms with Gasteiger partial charge in [-0.3, -0.25) is 4.79 Å². The smallest absolute Gasteiger partial charge is 0.270 e. The first kappa shape index (κ1) is 20.4. The number of nitrogens with zero attached hydrogens (tertiary/aromatic N) is 3. The van der Waals surface area contributed by atoms with Gasteiger partial charge >= 0.3 is 0 Å². The van der Waals surface area contributed by atoms with Crippen molar-refractivity contribution in [3.8, 4) is 0 Å². The second-order valence-electron chi connectivity index (χ2n) is 7.62. The quantitative estimate of drug-likeness (QED) is 0.796. The molecule has 0 atom stereocenters. The van der Waals surface area contributed by atoms with Gasteiger partial charge in [0.05, 0.1) is 0 Å². The van der Waals surface area contributed by atoms with Crippen LogP contribution in [-0.4, -0.2) is 66.9 Å². The van der Waals surface area contributed by atoms with Crippen LogP contribution in [0.5, 0.6) is 0 Å². The van der Waals surface area contributed by atoms with Crippen molar-refractivity contribution in [1.82, 2.24) is 19.1 Å². The summed E-state index contributed by atoms with van der Waals surface area (Å²) in [7, 11) is -1.77. The first-order chi connectivity index (χ1) is 12.9. The number of carbonyl (C=O) groups is 1. The number of carbonyl (C=O) groups excluding carboxylic acids is 1. The Kier molecular flexibility index (Phi) is 6.60. The second kappa shape index (κ2) is 8.75. The zero-order valence-corrected chi connectivity index (χ0v) is 17.3. The third kappa shape index (κ3) is 4.38. The third-order valence-electron chi connectivity index (χ3n) is 5.63. The molecule has 2 saturated heterocycles. The molecule has 2 fully saturated rings. The standard InChI is InChI=1S/C19H32N4O3S/c1-3-11-23(16-7-9-20-10-8-16)19(24)18-14-17(15-21(18)2)27(25,26)22-12-5-4-6-13-22/h14-16,20H,3-13H2,1-2H3. The van der Waals surface area contributed by atoms with E-state index in [9.17, 15) is 13.2 Å². The number of nitrogens with one attached hydrogen (secondary N) is 1. The zero-order chi connectivity index (χ0) is 19.4. The molecule has 0 bridgehead atoms. The van der Waals surface area contributed by atoms with Gasteiger partial charge in [0.25, 0.3) is 5.91 Å². The highest BCUT2D eigenvalue weighted by atomic mass is 32.2. The summed E-state index contributed by atoms with van der Waals surface area (Å²) in [6.07, 6.45) is 7.23. The van der Waals surface area contributed by atoms with Gasteiger partial charge in [-0.1, -0.05) is 13.3 Å². The van der Waals surface area contributed by atoms with Crippen LogP contribution in [0.3, 0.4) is 0 Å². The Labute approximate surface area is 162 Å². The molecule has 2 aliphatic heterocycles. The van der Waals surface area contributed by atoms with E-state index in [-0.39, 0.29) is 16.8 Å². The monoisotopic (exact) mass is 396 g/mol. The van der Waals surface area contributed by atoms with Crippen molar-refractivity contribution in [2.45, 2.75) is 56.4 Å². The average molecular weight is 397 g/mol. The number of hydrogen-bond acceptors (Lipinski definition) is 4. The van der Waals surface area contributed by atoms with Gasteiger partial charge in [-0.15, -0.1) is 0 Å². The predicted octanol–water partition coefficient (Wildman–Crippen LogP) is 1.80. The van der Waals surface area contributed by atoms with Gasteiger partial charge in [-0.2, -0.15) is 4.31 Å². The maximum absolute atomic E-state index is 13.2. The molecule has 3 heterocycles. The largest absolute Gasteiger partial charge is 0.345 e. The molecule has 0 radical (unpaired) electrons. The van der Waals surface area contributed by atoms with Crippen molar-refractivity contribution in [3.05, 3.63) is 18.0 Å². The first-order valence-corrected chi connectivity index (χ1v) is 11.6. The molecule has 2 aliphatic rings. The fourth-order valence-electron chi connectivity index (χ4n) is 4.10. The van der Waals surface area contributed by atoms with E-state index >= 15 is 0 Å². The molecule has 7 nitrogen and oxygen atoms in total. The number of aromatic nitrogens is 1. The fraction of sp³-hybridized carbons (Fsp3) is 0.737. The van der Waals surface area contributed by atoms with Gasteiger partial charge in [0.2, 0.25) is 10.0 Å². The van der Waals surface area contributed by atoms with Crippen LogP contribution in [0.2, 0.25) is 0 Å². The Bertz CT molecular complexity index is 747. The summed E-state index contributed by atoms with van der Waals surface area (Å²) >= 11 is 0. The Morgan fingerprint density at radius 1 is 1.22 bits per heavy atom. The lowest BCUT2D eigenvalue weighted by molar-refractivity contribution is 0.0633.